The molecule has 0 unspecified atom stereocenters. The predicted octanol–water partition coefficient (Wildman–Crippen LogP) is 3.17. The lowest BCUT2D eigenvalue weighted by atomic mass is 10.1. The second-order valence-electron chi connectivity index (χ2n) is 4.86. The van der Waals surface area contributed by atoms with Crippen LogP contribution in [0.1, 0.15) is 37.1 Å². The summed E-state index contributed by atoms with van der Waals surface area (Å²) in [5, 5.41) is 0. The van der Waals surface area contributed by atoms with Gasteiger partial charge in [-0.1, -0.05) is 6.92 Å². The van der Waals surface area contributed by atoms with Gasteiger partial charge < -0.3 is 5.73 Å². The van der Waals surface area contributed by atoms with Crippen LogP contribution in [0.3, 0.4) is 0 Å². The normalized spacial score (nSPS) is 14.7. The molecule has 92 valence electrons. The van der Waals surface area contributed by atoms with E-state index >= 15 is 0 Å². The van der Waals surface area contributed by atoms with Gasteiger partial charge in [-0.2, -0.15) is 0 Å². The Hall–Kier alpha value is -1.90. The smallest absolute Gasteiger partial charge is 0.159 e. The monoisotopic (exact) mass is 239 g/mol. The molecule has 1 aliphatic carbocycles. The highest BCUT2D eigenvalue weighted by Gasteiger charge is 2.26. The molecule has 3 nitrogen and oxygen atoms in total. The zero-order valence-corrected chi connectivity index (χ0v) is 10.6. The van der Waals surface area contributed by atoms with Crippen LogP contribution >= 0.6 is 0 Å². The van der Waals surface area contributed by atoms with Gasteiger partial charge in [0.1, 0.15) is 0 Å². The highest BCUT2D eigenvalue weighted by Crippen LogP contribution is 2.39. The molecule has 1 fully saturated rings. The van der Waals surface area contributed by atoms with Crippen molar-refractivity contribution in [1.82, 2.24) is 9.97 Å². The average molecular weight is 239 g/mol. The Morgan fingerprint density at radius 1 is 1.17 bits per heavy atom. The van der Waals surface area contributed by atoms with Crippen molar-refractivity contribution in [1.29, 1.82) is 0 Å². The second-order valence-corrected chi connectivity index (χ2v) is 4.86. The first-order valence-corrected chi connectivity index (χ1v) is 6.50. The SMILES string of the molecule is CCc1cc(C2CC2)nc(-c2ccc(N)cc2)n1. The molecular weight excluding hydrogens is 222 g/mol. The fourth-order valence-electron chi connectivity index (χ4n) is 2.05. The summed E-state index contributed by atoms with van der Waals surface area (Å²) < 4.78 is 0. The van der Waals surface area contributed by atoms with Crippen LogP contribution in [0.15, 0.2) is 30.3 Å². The Bertz CT molecular complexity index is 556. The molecule has 0 atom stereocenters. The lowest BCUT2D eigenvalue weighted by Gasteiger charge is -2.06. The number of anilines is 1. The quantitative estimate of drug-likeness (QED) is 0.837. The molecule has 0 bridgehead atoms. The van der Waals surface area contributed by atoms with Gasteiger partial charge in [0.2, 0.25) is 0 Å². The minimum Gasteiger partial charge on any atom is -0.399 e. The molecule has 0 radical (unpaired) electrons. The van der Waals surface area contributed by atoms with E-state index in [1.807, 2.05) is 24.3 Å². The Morgan fingerprint density at radius 2 is 1.89 bits per heavy atom. The Morgan fingerprint density at radius 3 is 2.50 bits per heavy atom. The van der Waals surface area contributed by atoms with Gasteiger partial charge in [-0.15, -0.1) is 0 Å². The van der Waals surface area contributed by atoms with Crippen molar-refractivity contribution in [3.8, 4) is 11.4 Å². The minimum atomic E-state index is 0.658. The van der Waals surface area contributed by atoms with Crippen LogP contribution in [0.2, 0.25) is 0 Å². The standard InChI is InChI=1S/C15H17N3/c1-2-13-9-14(10-3-4-10)18-15(17-13)11-5-7-12(16)8-6-11/h5-10H,2-4,16H2,1H3. The molecule has 1 heterocycles. The molecule has 2 N–H and O–H groups in total. The van der Waals surface area contributed by atoms with Gasteiger partial charge in [0, 0.05) is 28.6 Å². The van der Waals surface area contributed by atoms with Gasteiger partial charge in [-0.3, -0.25) is 0 Å². The van der Waals surface area contributed by atoms with Gasteiger partial charge in [-0.05, 0) is 49.6 Å². The summed E-state index contributed by atoms with van der Waals surface area (Å²) in [5.41, 5.74) is 9.85. The van der Waals surface area contributed by atoms with E-state index in [0.29, 0.717) is 5.92 Å². The molecule has 0 amide bonds. The third kappa shape index (κ3) is 2.21. The molecule has 1 aromatic heterocycles. The number of hydrogen-bond acceptors (Lipinski definition) is 3. The van der Waals surface area contributed by atoms with E-state index < -0.39 is 0 Å². The van der Waals surface area contributed by atoms with Gasteiger partial charge in [-0.25, -0.2) is 9.97 Å². The van der Waals surface area contributed by atoms with Crippen LogP contribution in [0.5, 0.6) is 0 Å². The first kappa shape index (κ1) is 11.2. The highest BCUT2D eigenvalue weighted by atomic mass is 14.9. The van der Waals surface area contributed by atoms with Gasteiger partial charge in [0.05, 0.1) is 0 Å². The van der Waals surface area contributed by atoms with Crippen LogP contribution in [-0.2, 0) is 6.42 Å². The van der Waals surface area contributed by atoms with E-state index in [1.165, 1.54) is 18.5 Å². The zero-order chi connectivity index (χ0) is 12.5. The van der Waals surface area contributed by atoms with Crippen LogP contribution in [0.25, 0.3) is 11.4 Å². The van der Waals surface area contributed by atoms with E-state index in [9.17, 15) is 0 Å². The number of aryl methyl sites for hydroxylation is 1. The summed E-state index contributed by atoms with van der Waals surface area (Å²) in [5.74, 6) is 1.49. The average Bonchev–Trinajstić information content (AvgIpc) is 3.23. The fraction of sp³-hybridized carbons (Fsp3) is 0.333. The van der Waals surface area contributed by atoms with E-state index in [4.69, 9.17) is 10.7 Å². The largest absolute Gasteiger partial charge is 0.399 e. The highest BCUT2D eigenvalue weighted by molar-refractivity contribution is 5.59. The first-order valence-electron chi connectivity index (χ1n) is 6.50. The molecule has 0 aliphatic heterocycles. The van der Waals surface area contributed by atoms with Crippen molar-refractivity contribution in [2.45, 2.75) is 32.1 Å². The number of nitrogens with zero attached hydrogens (tertiary/aromatic N) is 2. The maximum atomic E-state index is 5.71. The van der Waals surface area contributed by atoms with Gasteiger partial charge >= 0.3 is 0 Å². The Balaban J connectivity index is 2.04. The summed E-state index contributed by atoms with van der Waals surface area (Å²) in [6, 6.07) is 9.92. The molecule has 1 aromatic carbocycles. The Labute approximate surface area is 107 Å². The molecule has 1 aliphatic rings. The minimum absolute atomic E-state index is 0.658. The Kier molecular flexibility index (Phi) is 2.74. The van der Waals surface area contributed by atoms with Crippen molar-refractivity contribution in [3.63, 3.8) is 0 Å². The summed E-state index contributed by atoms with van der Waals surface area (Å²) in [6.45, 7) is 2.13. The number of benzene rings is 1. The number of hydrogen-bond donors (Lipinski definition) is 1. The molecule has 0 saturated heterocycles. The van der Waals surface area contributed by atoms with Crippen LogP contribution in [-0.4, -0.2) is 9.97 Å². The van der Waals surface area contributed by atoms with E-state index in [2.05, 4.69) is 18.0 Å². The summed E-state index contributed by atoms with van der Waals surface area (Å²) in [6.07, 6.45) is 3.48. The van der Waals surface area contributed by atoms with Crippen molar-refractivity contribution < 1.29 is 0 Å². The maximum absolute atomic E-state index is 5.71. The summed E-state index contributed by atoms with van der Waals surface area (Å²) >= 11 is 0. The van der Waals surface area contributed by atoms with E-state index in [1.54, 1.807) is 0 Å². The summed E-state index contributed by atoms with van der Waals surface area (Å²) in [7, 11) is 0. The maximum Gasteiger partial charge on any atom is 0.159 e. The van der Waals surface area contributed by atoms with Crippen molar-refractivity contribution >= 4 is 5.69 Å². The zero-order valence-electron chi connectivity index (χ0n) is 10.6. The summed E-state index contributed by atoms with van der Waals surface area (Å²) in [4.78, 5) is 9.30. The van der Waals surface area contributed by atoms with Crippen LogP contribution < -0.4 is 5.73 Å². The molecule has 18 heavy (non-hydrogen) atoms. The lowest BCUT2D eigenvalue weighted by molar-refractivity contribution is 0.936. The number of aromatic nitrogens is 2. The van der Waals surface area contributed by atoms with Gasteiger partial charge in [0.25, 0.3) is 0 Å². The molecule has 3 heteroatoms. The predicted molar refractivity (Wildman–Crippen MR) is 73.2 cm³/mol. The van der Waals surface area contributed by atoms with Crippen molar-refractivity contribution in [3.05, 3.63) is 41.7 Å². The number of rotatable bonds is 3. The molecular formula is C15H17N3. The third-order valence-electron chi connectivity index (χ3n) is 3.33. The third-order valence-corrected chi connectivity index (χ3v) is 3.33. The first-order chi connectivity index (χ1) is 8.76. The van der Waals surface area contributed by atoms with Gasteiger partial charge in [0.15, 0.2) is 5.82 Å². The topological polar surface area (TPSA) is 51.8 Å². The molecule has 0 spiro atoms. The van der Waals surface area contributed by atoms with E-state index in [-0.39, 0.29) is 0 Å². The molecule has 1 saturated carbocycles. The molecule has 3 rings (SSSR count). The van der Waals surface area contributed by atoms with Crippen LogP contribution in [0, 0.1) is 0 Å². The number of nitrogen functional groups attached to an aromatic ring is 1. The van der Waals surface area contributed by atoms with Crippen molar-refractivity contribution in [2.75, 3.05) is 5.73 Å². The van der Waals surface area contributed by atoms with Crippen molar-refractivity contribution in [2.24, 2.45) is 0 Å². The lowest BCUT2D eigenvalue weighted by Crippen LogP contribution is -1.99. The second kappa shape index (κ2) is 4.41. The number of nitrogens with two attached hydrogens (primary N) is 1. The fourth-order valence-corrected chi connectivity index (χ4v) is 2.05. The van der Waals surface area contributed by atoms with Crippen LogP contribution in [0.4, 0.5) is 5.69 Å². The van der Waals surface area contributed by atoms with E-state index in [0.717, 1.165) is 29.2 Å². The molecule has 2 aromatic rings.